The molecule has 117 heavy (non-hydrogen) atoms. The first-order chi connectivity index (χ1) is 54.3. The minimum absolute atomic E-state index is 0.218. The summed E-state index contributed by atoms with van der Waals surface area (Å²) >= 11 is 31.3. The molecular weight excluding hydrogens is 2070 g/mol. The highest BCUT2D eigenvalue weighted by Gasteiger charge is 2.40. The van der Waals surface area contributed by atoms with Crippen LogP contribution in [0.15, 0.2) is 217 Å². The number of carboxylic acid groups (broad SMARTS) is 2. The zero-order valence-electron chi connectivity index (χ0n) is 70.3. The van der Waals surface area contributed by atoms with E-state index in [9.17, 15) is 28.8 Å². The molecule has 8 aromatic rings. The maximum absolute atomic E-state index is 12.4. The number of carboxylic acids is 2. The summed E-state index contributed by atoms with van der Waals surface area (Å²) in [4.78, 5) is 74.8. The Morgan fingerprint density at radius 3 is 1.09 bits per heavy atom. The predicted octanol–water partition coefficient (Wildman–Crippen LogP) is 26.5. The molecule has 0 aliphatic carbocycles. The fourth-order valence-corrected chi connectivity index (χ4v) is 17.0. The lowest BCUT2D eigenvalue weighted by molar-refractivity contribution is -0.147. The Balaban J connectivity index is 0.000000283. The fourth-order valence-electron chi connectivity index (χ4n) is 12.3. The topological polar surface area (TPSA) is 213 Å². The Hall–Kier alpha value is -5.83. The van der Waals surface area contributed by atoms with Gasteiger partial charge in [-0.05, 0) is 272 Å². The van der Waals surface area contributed by atoms with Crippen molar-refractivity contribution in [2.24, 2.45) is 15.8 Å². The van der Waals surface area contributed by atoms with Crippen LogP contribution < -0.4 is 10.6 Å². The second kappa shape index (κ2) is 47.0. The SMILES string of the molecule is BrCc1ccccc1Br.CC(C)(C)OC(=O)N1Cc2cccc(Br)c2CC1(C)C.CC(C)(Cc1ccccc1Br)C(=O)O.CC(C)(Cc1ccccc1Br)C(=O)O.CC(C)(Cc1ccccc1Br)N=C=O.CC1(C)Cc2c(Br)cccc2CN1.COC(=O)N1Cc2cccc(Br)c2CC1(C)C.COC(=O)NC(C)(C)Cc1ccccc1Br. The molecule has 0 bridgehead atoms. The van der Waals surface area contributed by atoms with Crippen molar-refractivity contribution in [2.45, 2.75) is 221 Å². The van der Waals surface area contributed by atoms with Gasteiger partial charge in [0.25, 0.3) is 0 Å². The summed E-state index contributed by atoms with van der Waals surface area (Å²) in [6.45, 7) is 35.3. The van der Waals surface area contributed by atoms with Gasteiger partial charge in [-0.25, -0.2) is 19.2 Å². The highest BCUT2D eigenvalue weighted by Crippen LogP contribution is 2.39. The second-order valence-corrected chi connectivity index (χ2v) is 41.2. The monoisotopic (exact) mass is 2170 g/mol. The van der Waals surface area contributed by atoms with E-state index in [2.05, 4.69) is 248 Å². The van der Waals surface area contributed by atoms with Gasteiger partial charge in [-0.3, -0.25) is 19.4 Å². The minimum Gasteiger partial charge on any atom is -0.481 e. The molecule has 3 aliphatic rings. The van der Waals surface area contributed by atoms with Crippen LogP contribution in [0.2, 0.25) is 0 Å². The molecule has 0 saturated carbocycles. The van der Waals surface area contributed by atoms with Crippen molar-refractivity contribution in [1.29, 1.82) is 0 Å². The summed E-state index contributed by atoms with van der Waals surface area (Å²) in [5.74, 6) is -1.54. The van der Waals surface area contributed by atoms with E-state index in [-0.39, 0.29) is 39.9 Å². The van der Waals surface area contributed by atoms with E-state index in [1.54, 1.807) is 38.7 Å². The minimum atomic E-state index is -0.770. The van der Waals surface area contributed by atoms with Gasteiger partial charge < -0.3 is 35.1 Å². The molecule has 3 aliphatic heterocycles. The molecule has 8 aromatic carbocycles. The van der Waals surface area contributed by atoms with Crippen LogP contribution >= 0.6 is 143 Å². The van der Waals surface area contributed by atoms with Gasteiger partial charge in [0.15, 0.2) is 0 Å². The predicted molar refractivity (Wildman–Crippen MR) is 505 cm³/mol. The number of isocyanates is 1. The molecule has 3 heterocycles. The number of ether oxygens (including phenoxy) is 3. The van der Waals surface area contributed by atoms with Crippen molar-refractivity contribution in [3.63, 3.8) is 0 Å². The lowest BCUT2D eigenvalue weighted by Crippen LogP contribution is -2.52. The highest BCUT2D eigenvalue weighted by molar-refractivity contribution is 9.11. The number of amides is 3. The number of nitrogens with one attached hydrogen (secondary N) is 2. The van der Waals surface area contributed by atoms with Gasteiger partial charge in [-0.15, -0.1) is 0 Å². The summed E-state index contributed by atoms with van der Waals surface area (Å²) in [7, 11) is 2.79. The van der Waals surface area contributed by atoms with Crippen molar-refractivity contribution < 1.29 is 53.2 Å². The van der Waals surface area contributed by atoms with Gasteiger partial charge in [-0.1, -0.05) is 271 Å². The van der Waals surface area contributed by atoms with Crippen LogP contribution in [0.3, 0.4) is 0 Å². The number of hydrogen-bond donors (Lipinski definition) is 4. The summed E-state index contributed by atoms with van der Waals surface area (Å²) in [5.41, 5.74) is 10.6. The van der Waals surface area contributed by atoms with Crippen LogP contribution in [0.4, 0.5) is 14.4 Å². The molecule has 0 radical (unpaired) electrons. The highest BCUT2D eigenvalue weighted by atomic mass is 79.9. The number of rotatable bonds is 13. The third-order valence-electron chi connectivity index (χ3n) is 19.0. The average Bonchev–Trinajstić information content (AvgIpc) is 0.752. The number of benzene rings is 8. The summed E-state index contributed by atoms with van der Waals surface area (Å²) in [6.07, 6.45) is 5.98. The van der Waals surface area contributed by atoms with E-state index in [1.807, 2.05) is 187 Å². The number of hydrogen-bond acceptors (Lipinski definition) is 11. The van der Waals surface area contributed by atoms with Crippen LogP contribution in [0.25, 0.3) is 0 Å². The van der Waals surface area contributed by atoms with Crippen molar-refractivity contribution in [3.8, 4) is 0 Å². The number of halogens is 9. The molecule has 0 spiro atoms. The lowest BCUT2D eigenvalue weighted by atomic mass is 9.86. The largest absolute Gasteiger partial charge is 0.481 e. The average molecular weight is 2180 g/mol. The standard InChI is InChI=1S/C16H22BrNO2.C13H16BrNO2.C12H16BrNO2.C11H12BrNO.C11H14BrN.2C11H13BrO2.C7H6Br2/c1-15(2,3)20-14(19)18-10-11-7-6-8-13(17)12(11)9-16(18,4)5;1-13(2)7-10-9(5-4-6-11(10)14)8-15(13)12(16)17-3;1-12(2,14-11(15)16-3)8-9-6-4-5-7-10(9)13;1-11(2,13-8-14)7-9-5-3-4-6-10(9)12;1-11(2)6-9-8(7-13-11)4-3-5-10(9)12;2*1-11(2,10(13)14)7-8-5-3-4-6-9(8)12;8-5-6-3-1-2-4-7(6)9/h6-8H,9-10H2,1-5H3;4-6H,7-8H2,1-3H3;4-7H,8H2,1-3H3,(H,14,15);3-6H,7H2,1-2H3;3-5,13H,6-7H2,1-2H3;2*3-6H,7H2,1-2H3,(H,13,14);1-4H,5H2. The Morgan fingerprint density at radius 1 is 0.444 bits per heavy atom. The van der Waals surface area contributed by atoms with Crippen LogP contribution in [-0.2, 0) is 98.5 Å². The van der Waals surface area contributed by atoms with Gasteiger partial charge in [0.2, 0.25) is 6.08 Å². The fraction of sp³-hybridized carbons (Fsp3) is 0.413. The Labute approximate surface area is 769 Å². The molecule has 0 atom stereocenters. The second-order valence-electron chi connectivity index (χ2n) is 33.8. The lowest BCUT2D eigenvalue weighted by Gasteiger charge is -2.43. The number of nitrogens with zero attached hydrogens (tertiary/aromatic N) is 3. The zero-order valence-corrected chi connectivity index (χ0v) is 84.6. The molecule has 0 fully saturated rings. The van der Waals surface area contributed by atoms with Gasteiger partial charge >= 0.3 is 30.2 Å². The number of aliphatic imine (C=N–C) groups is 1. The van der Waals surface area contributed by atoms with Crippen LogP contribution in [0, 0.1) is 10.8 Å². The smallest absolute Gasteiger partial charge is 0.411 e. The van der Waals surface area contributed by atoms with Gasteiger partial charge in [-0.2, -0.15) is 4.99 Å². The molecule has 0 aromatic heterocycles. The van der Waals surface area contributed by atoms with E-state index < -0.39 is 34.5 Å². The van der Waals surface area contributed by atoms with Crippen molar-refractivity contribution >= 4 is 180 Å². The van der Waals surface area contributed by atoms with E-state index in [0.717, 1.165) is 93.1 Å². The Morgan fingerprint density at radius 2 is 0.769 bits per heavy atom. The Bertz CT molecular complexity index is 4540. The van der Waals surface area contributed by atoms with Crippen LogP contribution in [0.5, 0.6) is 0 Å². The maximum atomic E-state index is 12.4. The number of aliphatic carboxylic acids is 2. The molecule has 0 saturated heterocycles. The third kappa shape index (κ3) is 34.9. The first-order valence-corrected chi connectivity index (χ1v) is 45.4. The third-order valence-corrected chi connectivity index (χ3v) is 25.7. The number of methoxy groups -OCH3 is 2. The van der Waals surface area contributed by atoms with E-state index in [1.165, 1.54) is 62.1 Å². The number of alkyl carbamates (subject to hydrolysis) is 1. The molecule has 25 heteroatoms. The van der Waals surface area contributed by atoms with Crippen molar-refractivity contribution in [1.82, 2.24) is 20.4 Å². The molecule has 634 valence electrons. The van der Waals surface area contributed by atoms with Crippen LogP contribution in [-0.4, -0.2) is 104 Å². The summed E-state index contributed by atoms with van der Waals surface area (Å²) in [6, 6.07) is 58.1. The van der Waals surface area contributed by atoms with Gasteiger partial charge in [0.05, 0.1) is 30.6 Å². The summed E-state index contributed by atoms with van der Waals surface area (Å²) in [5, 5.41) is 25.2. The molecule has 0 unspecified atom stereocenters. The maximum Gasteiger partial charge on any atom is 0.411 e. The van der Waals surface area contributed by atoms with E-state index in [4.69, 9.17) is 19.7 Å². The van der Waals surface area contributed by atoms with Crippen LogP contribution in [0.1, 0.15) is 179 Å². The molecular formula is C92H112Br9N5O11. The van der Waals surface area contributed by atoms with Crippen molar-refractivity contribution in [3.05, 3.63) is 273 Å². The number of fused-ring (bicyclic) bond motifs is 3. The normalized spacial score (nSPS) is 14.0. The quantitative estimate of drug-likeness (QED) is 0.0367. The number of alkyl halides is 1. The molecule has 16 nitrogen and oxygen atoms in total. The van der Waals surface area contributed by atoms with E-state index in [0.29, 0.717) is 25.9 Å². The number of carbonyl (C=O) groups excluding carboxylic acids is 4. The van der Waals surface area contributed by atoms with Crippen molar-refractivity contribution in [2.75, 3.05) is 14.2 Å². The van der Waals surface area contributed by atoms with Gasteiger partial charge in [0.1, 0.15) is 5.60 Å². The molecule has 3 amide bonds. The zero-order chi connectivity index (χ0) is 88.2. The van der Waals surface area contributed by atoms with Gasteiger partial charge in [0, 0.05) is 82.9 Å². The molecule has 4 N–H and O–H groups in total. The van der Waals surface area contributed by atoms with E-state index >= 15 is 0 Å². The first-order valence-electron chi connectivity index (χ1n) is 37.9. The molecule has 11 rings (SSSR count). The summed E-state index contributed by atoms with van der Waals surface area (Å²) < 4.78 is 23.7. The first kappa shape index (κ1) is 104. The Kier molecular flexibility index (Phi) is 41.6. The number of carbonyl (C=O) groups is 5.